The number of nitrogens with zero attached hydrogens (tertiary/aromatic N) is 2. The van der Waals surface area contributed by atoms with Crippen molar-refractivity contribution in [1.29, 1.82) is 10.5 Å². The summed E-state index contributed by atoms with van der Waals surface area (Å²) < 4.78 is 0. The molecule has 0 aromatic heterocycles. The van der Waals surface area contributed by atoms with Crippen molar-refractivity contribution >= 4 is 0 Å². The first kappa shape index (κ1) is 12.0. The van der Waals surface area contributed by atoms with Crippen molar-refractivity contribution in [2.45, 2.75) is 41.5 Å². The van der Waals surface area contributed by atoms with Crippen LogP contribution in [-0.4, -0.2) is 0 Å². The van der Waals surface area contributed by atoms with Gasteiger partial charge in [-0.25, -0.2) is 0 Å². The van der Waals surface area contributed by atoms with E-state index in [0.717, 1.165) is 0 Å². The molecule has 0 fully saturated rings. The minimum atomic E-state index is -0.931. The van der Waals surface area contributed by atoms with Gasteiger partial charge in [-0.3, -0.25) is 0 Å². The fourth-order valence-corrected chi connectivity index (χ4v) is 1.82. The van der Waals surface area contributed by atoms with Crippen LogP contribution in [0, 0.1) is 38.9 Å². The van der Waals surface area contributed by atoms with E-state index in [1.165, 1.54) is 0 Å². The molecule has 13 heavy (non-hydrogen) atoms. The van der Waals surface area contributed by atoms with Gasteiger partial charge < -0.3 is 0 Å². The van der Waals surface area contributed by atoms with E-state index in [0.29, 0.717) is 0 Å². The average molecular weight is 178 g/mol. The van der Waals surface area contributed by atoms with Gasteiger partial charge in [0, 0.05) is 0 Å². The molecule has 0 aromatic carbocycles. The predicted octanol–water partition coefficient (Wildman–Crippen LogP) is 3.11. The smallest absolute Gasteiger partial charge is 0.153 e. The molecule has 0 N–H and O–H groups in total. The van der Waals surface area contributed by atoms with Gasteiger partial charge in [-0.05, 0) is 10.8 Å². The van der Waals surface area contributed by atoms with E-state index in [1.54, 1.807) is 0 Å². The summed E-state index contributed by atoms with van der Waals surface area (Å²) in [5.41, 5.74) is -1.58. The zero-order chi connectivity index (χ0) is 10.9. The highest BCUT2D eigenvalue weighted by atomic mass is 14.6. The molecule has 0 rings (SSSR count). The molecule has 0 aliphatic heterocycles. The molecule has 0 saturated carbocycles. The molecule has 0 heterocycles. The Kier molecular flexibility index (Phi) is 2.80. The van der Waals surface area contributed by atoms with Crippen molar-refractivity contribution in [2.75, 3.05) is 0 Å². The highest BCUT2D eigenvalue weighted by Crippen LogP contribution is 2.50. The molecule has 0 radical (unpaired) electrons. The van der Waals surface area contributed by atoms with Crippen molar-refractivity contribution in [3.63, 3.8) is 0 Å². The molecular formula is C11H18N2. The van der Waals surface area contributed by atoms with Crippen LogP contribution in [0.1, 0.15) is 41.5 Å². The molecule has 0 spiro atoms. The third-order valence-electron chi connectivity index (χ3n) is 2.59. The average Bonchev–Trinajstić information content (AvgIpc) is 1.84. The fourth-order valence-electron chi connectivity index (χ4n) is 1.82. The van der Waals surface area contributed by atoms with Gasteiger partial charge in [-0.2, -0.15) is 10.5 Å². The topological polar surface area (TPSA) is 47.6 Å². The first-order chi connectivity index (χ1) is 5.62. The minimum Gasteiger partial charge on any atom is -0.197 e. The first-order valence-electron chi connectivity index (χ1n) is 4.45. The van der Waals surface area contributed by atoms with E-state index in [4.69, 9.17) is 0 Å². The van der Waals surface area contributed by atoms with Crippen LogP contribution >= 0.6 is 0 Å². The van der Waals surface area contributed by atoms with E-state index in [9.17, 15) is 10.5 Å². The van der Waals surface area contributed by atoms with Crippen LogP contribution in [0.4, 0.5) is 0 Å². The van der Waals surface area contributed by atoms with Gasteiger partial charge in [0.15, 0.2) is 5.41 Å². The number of nitriles is 2. The molecule has 72 valence electrons. The molecule has 0 saturated heterocycles. The van der Waals surface area contributed by atoms with Crippen LogP contribution < -0.4 is 0 Å². The van der Waals surface area contributed by atoms with Gasteiger partial charge in [0.2, 0.25) is 0 Å². The monoisotopic (exact) mass is 178 g/mol. The van der Waals surface area contributed by atoms with Crippen LogP contribution in [0.25, 0.3) is 0 Å². The van der Waals surface area contributed by atoms with Crippen molar-refractivity contribution in [2.24, 2.45) is 16.2 Å². The molecule has 2 nitrogen and oxygen atoms in total. The SMILES string of the molecule is CC(C)(C)C(C#N)(C#N)C(C)(C)C. The molecule has 2 heteroatoms. The van der Waals surface area contributed by atoms with Crippen LogP contribution in [0.3, 0.4) is 0 Å². The maximum Gasteiger partial charge on any atom is 0.153 e. The first-order valence-corrected chi connectivity index (χ1v) is 4.45. The van der Waals surface area contributed by atoms with E-state index >= 15 is 0 Å². The Hall–Kier alpha value is -1.02. The quantitative estimate of drug-likeness (QED) is 0.572. The Labute approximate surface area is 81.2 Å². The van der Waals surface area contributed by atoms with Gasteiger partial charge in [0.1, 0.15) is 0 Å². The standard InChI is InChI=1S/C11H18N2/c1-9(2,3)11(7-12,8-13)10(4,5)6/h1-6H3. The lowest BCUT2D eigenvalue weighted by Gasteiger charge is -2.42. The van der Waals surface area contributed by atoms with E-state index in [-0.39, 0.29) is 10.8 Å². The second kappa shape index (κ2) is 3.04. The Morgan fingerprint density at radius 2 is 0.923 bits per heavy atom. The van der Waals surface area contributed by atoms with Crippen molar-refractivity contribution in [3.05, 3.63) is 0 Å². The second-order valence-corrected chi connectivity index (χ2v) is 5.47. The van der Waals surface area contributed by atoms with Crippen molar-refractivity contribution in [1.82, 2.24) is 0 Å². The van der Waals surface area contributed by atoms with E-state index in [2.05, 4.69) is 12.1 Å². The van der Waals surface area contributed by atoms with Gasteiger partial charge in [-0.15, -0.1) is 0 Å². The maximum absolute atomic E-state index is 9.18. The molecule has 0 amide bonds. The van der Waals surface area contributed by atoms with Crippen LogP contribution in [0.2, 0.25) is 0 Å². The van der Waals surface area contributed by atoms with Crippen molar-refractivity contribution in [3.8, 4) is 12.1 Å². The summed E-state index contributed by atoms with van der Waals surface area (Å²) in [5, 5.41) is 18.4. The Morgan fingerprint density at radius 1 is 0.692 bits per heavy atom. The summed E-state index contributed by atoms with van der Waals surface area (Å²) in [4.78, 5) is 0. The summed E-state index contributed by atoms with van der Waals surface area (Å²) >= 11 is 0. The molecule has 0 atom stereocenters. The summed E-state index contributed by atoms with van der Waals surface area (Å²) in [5.74, 6) is 0. The van der Waals surface area contributed by atoms with E-state index in [1.807, 2.05) is 41.5 Å². The predicted molar refractivity (Wildman–Crippen MR) is 52.6 cm³/mol. The third kappa shape index (κ3) is 1.68. The van der Waals surface area contributed by atoms with Crippen LogP contribution in [0.15, 0.2) is 0 Å². The van der Waals surface area contributed by atoms with Gasteiger partial charge in [0.25, 0.3) is 0 Å². The fraction of sp³-hybridized carbons (Fsp3) is 0.818. The lowest BCUT2D eigenvalue weighted by atomic mass is 9.56. The van der Waals surface area contributed by atoms with Crippen LogP contribution in [0.5, 0.6) is 0 Å². The van der Waals surface area contributed by atoms with Gasteiger partial charge in [-0.1, -0.05) is 41.5 Å². The van der Waals surface area contributed by atoms with Crippen molar-refractivity contribution < 1.29 is 0 Å². The Bertz CT molecular complexity index is 232. The Morgan fingerprint density at radius 3 is 0.923 bits per heavy atom. The van der Waals surface area contributed by atoms with E-state index < -0.39 is 5.41 Å². The third-order valence-corrected chi connectivity index (χ3v) is 2.59. The minimum absolute atomic E-state index is 0.325. The highest BCUT2D eigenvalue weighted by Gasteiger charge is 2.51. The molecular weight excluding hydrogens is 160 g/mol. The van der Waals surface area contributed by atoms with Crippen LogP contribution in [-0.2, 0) is 0 Å². The lowest BCUT2D eigenvalue weighted by molar-refractivity contribution is 0.0830. The lowest BCUT2D eigenvalue weighted by Crippen LogP contribution is -2.44. The second-order valence-electron chi connectivity index (χ2n) is 5.47. The summed E-state index contributed by atoms with van der Waals surface area (Å²) in [7, 11) is 0. The summed E-state index contributed by atoms with van der Waals surface area (Å²) in [6, 6.07) is 4.37. The molecule has 0 unspecified atom stereocenters. The Balaban J connectivity index is 5.53. The normalized spacial score (nSPS) is 13.2. The largest absolute Gasteiger partial charge is 0.197 e. The maximum atomic E-state index is 9.18. The zero-order valence-corrected chi connectivity index (χ0v) is 9.39. The summed E-state index contributed by atoms with van der Waals surface area (Å²) in [6.45, 7) is 11.6. The molecule has 0 aliphatic rings. The number of rotatable bonds is 0. The van der Waals surface area contributed by atoms with Gasteiger partial charge in [0.05, 0.1) is 12.1 Å². The summed E-state index contributed by atoms with van der Waals surface area (Å²) in [6.07, 6.45) is 0. The number of hydrogen-bond acceptors (Lipinski definition) is 2. The van der Waals surface area contributed by atoms with Gasteiger partial charge >= 0.3 is 0 Å². The molecule has 0 aromatic rings. The highest BCUT2D eigenvalue weighted by molar-refractivity contribution is 5.23. The molecule has 0 bridgehead atoms. The molecule has 0 aliphatic carbocycles. The zero-order valence-electron chi connectivity index (χ0n) is 9.39. The number of hydrogen-bond donors (Lipinski definition) is 0.